The van der Waals surface area contributed by atoms with Crippen molar-refractivity contribution >= 4 is 34.9 Å². The Kier molecular flexibility index (Phi) is 6.78. The van der Waals surface area contributed by atoms with Crippen molar-refractivity contribution in [3.63, 3.8) is 0 Å². The highest BCUT2D eigenvalue weighted by atomic mass is 32.2. The van der Waals surface area contributed by atoms with Crippen LogP contribution in [0.2, 0.25) is 0 Å². The van der Waals surface area contributed by atoms with Crippen LogP contribution in [0, 0.1) is 0 Å². The number of carbonyl (C=O) groups is 3. The van der Waals surface area contributed by atoms with Gasteiger partial charge in [-0.3, -0.25) is 14.4 Å². The Labute approximate surface area is 177 Å². The van der Waals surface area contributed by atoms with Crippen molar-refractivity contribution in [2.75, 3.05) is 13.7 Å². The molecular weight excluding hydrogens is 406 g/mol. The van der Waals surface area contributed by atoms with Gasteiger partial charge in [0.05, 0.1) is 7.11 Å². The number of amides is 1. The van der Waals surface area contributed by atoms with Crippen LogP contribution in [0.1, 0.15) is 30.0 Å². The zero-order chi connectivity index (χ0) is 21.7. The number of Topliss-reactive ketones (excluding diaryl/α,β-unsaturated/α-hetero) is 2. The van der Waals surface area contributed by atoms with E-state index in [1.54, 1.807) is 48.0 Å². The smallest absolute Gasteiger partial charge is 0.251 e. The van der Waals surface area contributed by atoms with E-state index in [2.05, 4.69) is 20.6 Å². The van der Waals surface area contributed by atoms with Crippen LogP contribution in [0.4, 0.5) is 0 Å². The Hall–Kier alpha value is -3.27. The number of carbonyl (C=O) groups excluding carboxylic acids is 3. The minimum atomic E-state index is -0.793. The summed E-state index contributed by atoms with van der Waals surface area (Å²) in [4.78, 5) is 35.6. The third-order valence-corrected chi connectivity index (χ3v) is 5.63. The fourth-order valence-corrected chi connectivity index (χ4v) is 3.59. The number of methoxy groups -OCH3 is 1. The number of thioether (sulfide) groups is 1. The van der Waals surface area contributed by atoms with Crippen molar-refractivity contribution in [3.05, 3.63) is 47.8 Å². The summed E-state index contributed by atoms with van der Waals surface area (Å²) in [7, 11) is 1.57. The van der Waals surface area contributed by atoms with Gasteiger partial charge in [0.15, 0.2) is 23.0 Å². The third-order valence-electron chi connectivity index (χ3n) is 4.27. The SMILES string of the molecule is COc1ccc(C(=O)NCCc2nnc3ccc(SC(C(C)=O)C(C)=O)nn23)cc1. The van der Waals surface area contributed by atoms with E-state index in [9.17, 15) is 14.4 Å². The summed E-state index contributed by atoms with van der Waals surface area (Å²) in [6.07, 6.45) is 0.410. The van der Waals surface area contributed by atoms with Gasteiger partial charge >= 0.3 is 0 Å². The fourth-order valence-electron chi connectivity index (χ4n) is 2.74. The Morgan fingerprint density at radius 3 is 2.40 bits per heavy atom. The molecule has 3 rings (SSSR count). The highest BCUT2D eigenvalue weighted by Gasteiger charge is 2.22. The van der Waals surface area contributed by atoms with Crippen molar-refractivity contribution in [3.8, 4) is 5.75 Å². The number of rotatable bonds is 9. The van der Waals surface area contributed by atoms with Crippen LogP contribution >= 0.6 is 11.8 Å². The first kappa shape index (κ1) is 21.4. The summed E-state index contributed by atoms with van der Waals surface area (Å²) < 4.78 is 6.64. The lowest BCUT2D eigenvalue weighted by atomic mass is 10.2. The van der Waals surface area contributed by atoms with Gasteiger partial charge < -0.3 is 10.1 Å². The Balaban J connectivity index is 1.66. The second-order valence-electron chi connectivity index (χ2n) is 6.51. The van der Waals surface area contributed by atoms with E-state index >= 15 is 0 Å². The van der Waals surface area contributed by atoms with Gasteiger partial charge in [-0.05, 0) is 50.2 Å². The van der Waals surface area contributed by atoms with Crippen LogP contribution in [-0.2, 0) is 16.0 Å². The molecule has 9 nitrogen and oxygen atoms in total. The summed E-state index contributed by atoms with van der Waals surface area (Å²) in [5.41, 5.74) is 1.07. The van der Waals surface area contributed by atoms with Crippen LogP contribution in [0.25, 0.3) is 5.65 Å². The fraction of sp³-hybridized carbons (Fsp3) is 0.300. The van der Waals surface area contributed by atoms with Crippen LogP contribution in [-0.4, -0.2) is 56.2 Å². The van der Waals surface area contributed by atoms with Crippen LogP contribution in [0.5, 0.6) is 5.75 Å². The highest BCUT2D eigenvalue weighted by molar-refractivity contribution is 8.01. The molecule has 3 aromatic rings. The lowest BCUT2D eigenvalue weighted by molar-refractivity contribution is -0.123. The summed E-state index contributed by atoms with van der Waals surface area (Å²) in [5.74, 6) is 0.586. The van der Waals surface area contributed by atoms with E-state index in [0.29, 0.717) is 40.8 Å². The second kappa shape index (κ2) is 9.49. The molecule has 0 saturated carbocycles. The van der Waals surface area contributed by atoms with E-state index < -0.39 is 5.25 Å². The van der Waals surface area contributed by atoms with Crippen LogP contribution in [0.15, 0.2) is 41.4 Å². The zero-order valence-corrected chi connectivity index (χ0v) is 17.6. The maximum atomic E-state index is 12.3. The monoisotopic (exact) mass is 427 g/mol. The Bertz CT molecular complexity index is 1070. The van der Waals surface area contributed by atoms with Gasteiger partial charge in [0, 0.05) is 18.5 Å². The number of hydrogen-bond donors (Lipinski definition) is 1. The molecule has 1 N–H and O–H groups in total. The molecule has 0 spiro atoms. The first-order chi connectivity index (χ1) is 14.4. The van der Waals surface area contributed by atoms with Crippen molar-refractivity contribution in [1.82, 2.24) is 25.1 Å². The molecule has 30 heavy (non-hydrogen) atoms. The summed E-state index contributed by atoms with van der Waals surface area (Å²) in [6.45, 7) is 3.11. The molecule has 2 heterocycles. The van der Waals surface area contributed by atoms with Gasteiger partial charge in [0.2, 0.25) is 0 Å². The molecule has 0 saturated heterocycles. The summed E-state index contributed by atoms with van der Waals surface area (Å²) in [6, 6.07) is 10.2. The maximum Gasteiger partial charge on any atom is 0.251 e. The number of benzene rings is 1. The van der Waals surface area contributed by atoms with E-state index in [-0.39, 0.29) is 17.5 Å². The third kappa shape index (κ3) is 5.01. The molecule has 0 aliphatic carbocycles. The van der Waals surface area contributed by atoms with Crippen molar-refractivity contribution in [2.24, 2.45) is 0 Å². The van der Waals surface area contributed by atoms with Crippen LogP contribution in [0.3, 0.4) is 0 Å². The maximum absolute atomic E-state index is 12.3. The Morgan fingerprint density at radius 2 is 1.77 bits per heavy atom. The van der Waals surface area contributed by atoms with E-state index in [1.807, 2.05) is 0 Å². The number of nitrogens with zero attached hydrogens (tertiary/aromatic N) is 4. The first-order valence-corrected chi connectivity index (χ1v) is 10.1. The summed E-state index contributed by atoms with van der Waals surface area (Å²) >= 11 is 1.09. The van der Waals surface area contributed by atoms with Crippen LogP contribution < -0.4 is 10.1 Å². The number of aromatic nitrogens is 4. The molecule has 0 aliphatic heterocycles. The zero-order valence-electron chi connectivity index (χ0n) is 16.8. The highest BCUT2D eigenvalue weighted by Crippen LogP contribution is 2.23. The lowest BCUT2D eigenvalue weighted by Gasteiger charge is -2.09. The molecule has 1 amide bonds. The molecule has 0 fully saturated rings. The predicted octanol–water partition coefficient (Wildman–Crippen LogP) is 1.74. The van der Waals surface area contributed by atoms with E-state index in [1.165, 1.54) is 13.8 Å². The standard InChI is InChI=1S/C20H21N5O4S/c1-12(26)19(13(2)27)30-18-9-8-16-22-23-17(25(16)24-18)10-11-21-20(28)14-4-6-15(29-3)7-5-14/h4-9,19H,10-11H2,1-3H3,(H,21,28). The van der Waals surface area contributed by atoms with Gasteiger partial charge in [-0.1, -0.05) is 11.8 Å². The molecule has 2 aromatic heterocycles. The minimum absolute atomic E-state index is 0.207. The molecule has 0 unspecified atom stereocenters. The van der Waals surface area contributed by atoms with Gasteiger partial charge in [-0.15, -0.1) is 10.2 Å². The van der Waals surface area contributed by atoms with E-state index in [0.717, 1.165) is 11.8 Å². The predicted molar refractivity (Wildman–Crippen MR) is 111 cm³/mol. The number of hydrogen-bond acceptors (Lipinski definition) is 8. The average molecular weight is 427 g/mol. The average Bonchev–Trinajstić information content (AvgIpc) is 3.13. The second-order valence-corrected chi connectivity index (χ2v) is 7.64. The van der Waals surface area contributed by atoms with Gasteiger partial charge in [0.25, 0.3) is 5.91 Å². The van der Waals surface area contributed by atoms with Gasteiger partial charge in [0.1, 0.15) is 16.0 Å². The lowest BCUT2D eigenvalue weighted by Crippen LogP contribution is -2.26. The molecule has 0 radical (unpaired) electrons. The molecule has 1 aromatic carbocycles. The minimum Gasteiger partial charge on any atom is -0.497 e. The quantitative estimate of drug-likeness (QED) is 0.406. The van der Waals surface area contributed by atoms with E-state index in [4.69, 9.17) is 4.74 Å². The topological polar surface area (TPSA) is 116 Å². The number of ketones is 2. The number of ether oxygens (including phenoxy) is 1. The molecule has 0 bridgehead atoms. The normalized spacial score (nSPS) is 10.9. The molecule has 10 heteroatoms. The largest absolute Gasteiger partial charge is 0.497 e. The van der Waals surface area contributed by atoms with Gasteiger partial charge in [-0.25, -0.2) is 0 Å². The molecular formula is C20H21N5O4S. The van der Waals surface area contributed by atoms with Crippen molar-refractivity contribution in [1.29, 1.82) is 0 Å². The Morgan fingerprint density at radius 1 is 1.07 bits per heavy atom. The molecule has 156 valence electrons. The van der Waals surface area contributed by atoms with Crippen molar-refractivity contribution < 1.29 is 19.1 Å². The van der Waals surface area contributed by atoms with Gasteiger partial charge in [-0.2, -0.15) is 9.61 Å². The molecule has 0 aliphatic rings. The number of nitrogens with one attached hydrogen (secondary N) is 1. The first-order valence-electron chi connectivity index (χ1n) is 9.20. The number of fused-ring (bicyclic) bond motifs is 1. The molecule has 0 atom stereocenters. The van der Waals surface area contributed by atoms with Crippen molar-refractivity contribution in [2.45, 2.75) is 30.5 Å². The summed E-state index contributed by atoms with van der Waals surface area (Å²) in [5, 5.41) is 15.2.